The summed E-state index contributed by atoms with van der Waals surface area (Å²) in [4.78, 5) is 25.3. The van der Waals surface area contributed by atoms with E-state index in [0.29, 0.717) is 26.1 Å². The van der Waals surface area contributed by atoms with E-state index < -0.39 is 0 Å². The Kier molecular flexibility index (Phi) is 5.09. The van der Waals surface area contributed by atoms with Crippen LogP contribution in [-0.2, 0) is 16.0 Å². The molecule has 0 saturated carbocycles. The second-order valence-electron chi connectivity index (χ2n) is 5.16. The molecule has 0 spiro atoms. The van der Waals surface area contributed by atoms with Crippen LogP contribution in [0.4, 0.5) is 4.39 Å². The Labute approximate surface area is 123 Å². The van der Waals surface area contributed by atoms with Crippen LogP contribution in [0.15, 0.2) is 36.9 Å². The summed E-state index contributed by atoms with van der Waals surface area (Å²) in [5.74, 6) is -0.661. The van der Waals surface area contributed by atoms with E-state index in [1.807, 2.05) is 0 Å². The van der Waals surface area contributed by atoms with Crippen molar-refractivity contribution in [1.82, 2.24) is 10.2 Å². The molecule has 1 heterocycles. The highest BCUT2D eigenvalue weighted by Gasteiger charge is 2.33. The lowest BCUT2D eigenvalue weighted by Crippen LogP contribution is -2.34. The molecule has 5 heteroatoms. The van der Waals surface area contributed by atoms with E-state index in [0.717, 1.165) is 5.56 Å². The van der Waals surface area contributed by atoms with Gasteiger partial charge in [-0.25, -0.2) is 4.39 Å². The van der Waals surface area contributed by atoms with Gasteiger partial charge in [-0.2, -0.15) is 0 Å². The van der Waals surface area contributed by atoms with Gasteiger partial charge in [0.15, 0.2) is 0 Å². The lowest BCUT2D eigenvalue weighted by Gasteiger charge is -2.14. The zero-order valence-corrected chi connectivity index (χ0v) is 11.8. The summed E-state index contributed by atoms with van der Waals surface area (Å²) in [5.41, 5.74) is 0.965. The molecular weight excluding hydrogens is 271 g/mol. The number of nitrogens with zero attached hydrogens (tertiary/aromatic N) is 1. The van der Waals surface area contributed by atoms with E-state index in [9.17, 15) is 14.0 Å². The Morgan fingerprint density at radius 3 is 2.81 bits per heavy atom. The Morgan fingerprint density at radius 2 is 2.14 bits per heavy atom. The fraction of sp³-hybridized carbons (Fsp3) is 0.375. The third-order valence-electron chi connectivity index (χ3n) is 3.56. The van der Waals surface area contributed by atoms with E-state index in [1.54, 1.807) is 23.1 Å². The first-order valence-electron chi connectivity index (χ1n) is 7.01. The normalized spacial score (nSPS) is 17.9. The second kappa shape index (κ2) is 7.02. The van der Waals surface area contributed by atoms with Gasteiger partial charge < -0.3 is 10.2 Å². The van der Waals surface area contributed by atoms with Gasteiger partial charge in [-0.1, -0.05) is 18.2 Å². The standard InChI is InChI=1S/C16H19FN2O2/c1-2-9-19-11-13(10-15(19)20)16(21)18-8-7-12-3-5-14(17)6-4-12/h2-6,13H,1,7-11H2,(H,18,21). The first-order valence-corrected chi connectivity index (χ1v) is 7.01. The van der Waals surface area contributed by atoms with Gasteiger partial charge in [-0.3, -0.25) is 9.59 Å². The first kappa shape index (κ1) is 15.2. The van der Waals surface area contributed by atoms with Crippen molar-refractivity contribution in [1.29, 1.82) is 0 Å². The molecule has 1 fully saturated rings. The predicted molar refractivity (Wildman–Crippen MR) is 78.0 cm³/mol. The molecule has 1 aliphatic rings. The molecule has 1 aromatic carbocycles. The van der Waals surface area contributed by atoms with Crippen LogP contribution >= 0.6 is 0 Å². The number of hydrogen-bond acceptors (Lipinski definition) is 2. The first-order chi connectivity index (χ1) is 10.1. The minimum absolute atomic E-state index is 0.00594. The maximum absolute atomic E-state index is 12.8. The predicted octanol–water partition coefficient (Wildman–Crippen LogP) is 1.52. The number of likely N-dealkylation sites (tertiary alicyclic amines) is 1. The number of halogens is 1. The number of carbonyl (C=O) groups is 2. The lowest BCUT2D eigenvalue weighted by molar-refractivity contribution is -0.128. The summed E-state index contributed by atoms with van der Waals surface area (Å²) < 4.78 is 12.8. The molecule has 1 aliphatic heterocycles. The molecule has 1 atom stereocenters. The van der Waals surface area contributed by atoms with Gasteiger partial charge in [0.25, 0.3) is 0 Å². The maximum atomic E-state index is 12.8. The Bertz CT molecular complexity index is 528. The highest BCUT2D eigenvalue weighted by Crippen LogP contribution is 2.17. The lowest BCUT2D eigenvalue weighted by atomic mass is 10.1. The van der Waals surface area contributed by atoms with Gasteiger partial charge in [0, 0.05) is 26.1 Å². The molecular formula is C16H19FN2O2. The van der Waals surface area contributed by atoms with Crippen LogP contribution in [0.5, 0.6) is 0 Å². The molecule has 21 heavy (non-hydrogen) atoms. The van der Waals surface area contributed by atoms with Crippen molar-refractivity contribution in [3.63, 3.8) is 0 Å². The minimum atomic E-state index is -0.286. The maximum Gasteiger partial charge on any atom is 0.225 e. The van der Waals surface area contributed by atoms with Crippen molar-refractivity contribution in [2.45, 2.75) is 12.8 Å². The van der Waals surface area contributed by atoms with E-state index in [1.165, 1.54) is 12.1 Å². The molecule has 0 radical (unpaired) electrons. The van der Waals surface area contributed by atoms with Crippen LogP contribution in [0.25, 0.3) is 0 Å². The second-order valence-corrected chi connectivity index (χ2v) is 5.16. The molecule has 1 unspecified atom stereocenters. The van der Waals surface area contributed by atoms with Crippen LogP contribution < -0.4 is 5.32 Å². The summed E-state index contributed by atoms with van der Waals surface area (Å²) >= 11 is 0. The van der Waals surface area contributed by atoms with E-state index in [-0.39, 0.29) is 30.0 Å². The largest absolute Gasteiger partial charge is 0.355 e. The third kappa shape index (κ3) is 4.15. The average molecular weight is 290 g/mol. The van der Waals surface area contributed by atoms with Crippen molar-refractivity contribution in [2.75, 3.05) is 19.6 Å². The molecule has 4 nitrogen and oxygen atoms in total. The van der Waals surface area contributed by atoms with Gasteiger partial charge in [-0.15, -0.1) is 6.58 Å². The number of nitrogens with one attached hydrogen (secondary N) is 1. The highest BCUT2D eigenvalue weighted by atomic mass is 19.1. The number of carbonyl (C=O) groups excluding carboxylic acids is 2. The molecule has 2 rings (SSSR count). The van der Waals surface area contributed by atoms with Crippen LogP contribution in [0, 0.1) is 11.7 Å². The molecule has 1 N–H and O–H groups in total. The fourth-order valence-electron chi connectivity index (χ4n) is 2.41. The Hall–Kier alpha value is -2.17. The van der Waals surface area contributed by atoms with Crippen molar-refractivity contribution >= 4 is 11.8 Å². The molecule has 2 amide bonds. The number of rotatable bonds is 6. The van der Waals surface area contributed by atoms with E-state index >= 15 is 0 Å². The molecule has 112 valence electrons. The summed E-state index contributed by atoms with van der Waals surface area (Å²) in [7, 11) is 0. The third-order valence-corrected chi connectivity index (χ3v) is 3.56. The summed E-state index contributed by atoms with van der Waals surface area (Å²) in [6.07, 6.45) is 2.56. The van der Waals surface area contributed by atoms with Crippen molar-refractivity contribution in [3.05, 3.63) is 48.3 Å². The van der Waals surface area contributed by atoms with Crippen molar-refractivity contribution < 1.29 is 14.0 Å². The number of benzene rings is 1. The quantitative estimate of drug-likeness (QED) is 0.808. The zero-order valence-electron chi connectivity index (χ0n) is 11.8. The topological polar surface area (TPSA) is 49.4 Å². The molecule has 1 saturated heterocycles. The smallest absolute Gasteiger partial charge is 0.225 e. The Balaban J connectivity index is 1.76. The Morgan fingerprint density at radius 1 is 1.43 bits per heavy atom. The SMILES string of the molecule is C=CCN1CC(C(=O)NCCc2ccc(F)cc2)CC1=O. The van der Waals surface area contributed by atoms with E-state index in [4.69, 9.17) is 0 Å². The molecule has 0 aromatic heterocycles. The minimum Gasteiger partial charge on any atom is -0.355 e. The molecule has 0 aliphatic carbocycles. The number of hydrogen-bond donors (Lipinski definition) is 1. The molecule has 0 bridgehead atoms. The van der Waals surface area contributed by atoms with Gasteiger partial charge >= 0.3 is 0 Å². The van der Waals surface area contributed by atoms with Gasteiger partial charge in [-0.05, 0) is 24.1 Å². The van der Waals surface area contributed by atoms with Crippen LogP contribution in [0.2, 0.25) is 0 Å². The molecule has 1 aromatic rings. The number of amides is 2. The highest BCUT2D eigenvalue weighted by molar-refractivity contribution is 5.89. The van der Waals surface area contributed by atoms with Crippen LogP contribution in [-0.4, -0.2) is 36.3 Å². The van der Waals surface area contributed by atoms with Crippen molar-refractivity contribution in [3.8, 4) is 0 Å². The summed E-state index contributed by atoms with van der Waals surface area (Å²) in [6, 6.07) is 6.21. The van der Waals surface area contributed by atoms with Crippen LogP contribution in [0.1, 0.15) is 12.0 Å². The fourth-order valence-corrected chi connectivity index (χ4v) is 2.41. The zero-order chi connectivity index (χ0) is 15.2. The summed E-state index contributed by atoms with van der Waals surface area (Å²) in [6.45, 7) is 5.02. The van der Waals surface area contributed by atoms with Gasteiger partial charge in [0.1, 0.15) is 5.82 Å². The summed E-state index contributed by atoms with van der Waals surface area (Å²) in [5, 5.41) is 2.83. The van der Waals surface area contributed by atoms with Gasteiger partial charge in [0.05, 0.1) is 5.92 Å². The monoisotopic (exact) mass is 290 g/mol. The average Bonchev–Trinajstić information content (AvgIpc) is 2.83. The van der Waals surface area contributed by atoms with Crippen molar-refractivity contribution in [2.24, 2.45) is 5.92 Å². The van der Waals surface area contributed by atoms with Crippen LogP contribution in [0.3, 0.4) is 0 Å². The van der Waals surface area contributed by atoms with E-state index in [2.05, 4.69) is 11.9 Å². The van der Waals surface area contributed by atoms with Gasteiger partial charge in [0.2, 0.25) is 11.8 Å².